The number of carbonyl (C=O) groups is 1. The summed E-state index contributed by atoms with van der Waals surface area (Å²) in [5, 5.41) is 9.63. The van der Waals surface area contributed by atoms with Gasteiger partial charge in [0.1, 0.15) is 5.82 Å². The van der Waals surface area contributed by atoms with Crippen molar-refractivity contribution in [3.63, 3.8) is 0 Å². The zero-order valence-corrected chi connectivity index (χ0v) is 10.3. The van der Waals surface area contributed by atoms with Crippen LogP contribution < -0.4 is 4.90 Å². The summed E-state index contributed by atoms with van der Waals surface area (Å²) >= 11 is 0. The first kappa shape index (κ1) is 11.9. The predicted molar refractivity (Wildman–Crippen MR) is 65.1 cm³/mol. The Labute approximate surface area is 101 Å². The molecular weight excluding hydrogens is 218 g/mol. The minimum absolute atomic E-state index is 0.0559. The van der Waals surface area contributed by atoms with E-state index in [0.29, 0.717) is 18.7 Å². The Hall–Kier alpha value is -1.62. The van der Waals surface area contributed by atoms with Crippen LogP contribution in [0.25, 0.3) is 0 Å². The fourth-order valence-electron chi connectivity index (χ4n) is 1.90. The van der Waals surface area contributed by atoms with E-state index in [0.717, 1.165) is 5.82 Å². The summed E-state index contributed by atoms with van der Waals surface area (Å²) < 4.78 is 0. The Balaban J connectivity index is 2.07. The van der Waals surface area contributed by atoms with Gasteiger partial charge in [0.2, 0.25) is 0 Å². The van der Waals surface area contributed by atoms with Gasteiger partial charge in [-0.15, -0.1) is 0 Å². The van der Waals surface area contributed by atoms with Gasteiger partial charge in [0, 0.05) is 33.4 Å². The van der Waals surface area contributed by atoms with Crippen LogP contribution in [0.1, 0.15) is 17.3 Å². The maximum atomic E-state index is 11.6. The molecule has 1 aliphatic heterocycles. The summed E-state index contributed by atoms with van der Waals surface area (Å²) in [6.45, 7) is 2.97. The zero-order chi connectivity index (χ0) is 12.6. The average molecular weight is 235 g/mol. The fourth-order valence-corrected chi connectivity index (χ4v) is 1.90. The van der Waals surface area contributed by atoms with Crippen molar-refractivity contribution < 1.29 is 9.90 Å². The third kappa shape index (κ3) is 2.39. The summed E-state index contributed by atoms with van der Waals surface area (Å²) in [5.74, 6) is 0.742. The van der Waals surface area contributed by atoms with E-state index in [1.165, 1.54) is 4.90 Å². The summed E-state index contributed by atoms with van der Waals surface area (Å²) in [6, 6.07) is 3.57. The molecule has 1 N–H and O–H groups in total. The molecule has 1 amide bonds. The molecule has 17 heavy (non-hydrogen) atoms. The number of rotatable bonds is 2. The monoisotopic (exact) mass is 235 g/mol. The molecule has 92 valence electrons. The molecule has 0 atom stereocenters. The molecule has 1 aromatic rings. The second kappa shape index (κ2) is 4.00. The Kier molecular flexibility index (Phi) is 2.79. The normalized spacial score (nSPS) is 17.5. The highest BCUT2D eigenvalue weighted by Crippen LogP contribution is 2.25. The van der Waals surface area contributed by atoms with E-state index in [-0.39, 0.29) is 5.91 Å². The predicted octanol–water partition coefficient (Wildman–Crippen LogP) is 0.354. The highest BCUT2D eigenvalue weighted by molar-refractivity contribution is 5.93. The van der Waals surface area contributed by atoms with Gasteiger partial charge in [-0.25, -0.2) is 4.98 Å². The van der Waals surface area contributed by atoms with E-state index in [1.807, 2.05) is 11.0 Å². The number of nitrogens with zero attached hydrogens (tertiary/aromatic N) is 3. The van der Waals surface area contributed by atoms with Crippen molar-refractivity contribution in [2.24, 2.45) is 0 Å². The van der Waals surface area contributed by atoms with Crippen LogP contribution >= 0.6 is 0 Å². The first-order chi connectivity index (χ1) is 7.89. The average Bonchev–Trinajstić information content (AvgIpc) is 2.25. The SMILES string of the molecule is CN(C)C(=O)c1ccc(N2CC(C)(O)C2)nc1. The first-order valence-corrected chi connectivity index (χ1v) is 5.54. The number of aliphatic hydroxyl groups is 1. The van der Waals surface area contributed by atoms with Crippen molar-refractivity contribution in [3.8, 4) is 0 Å². The van der Waals surface area contributed by atoms with Gasteiger partial charge < -0.3 is 14.9 Å². The lowest BCUT2D eigenvalue weighted by Gasteiger charge is -2.44. The molecule has 0 spiro atoms. The second-order valence-electron chi connectivity index (χ2n) is 4.96. The van der Waals surface area contributed by atoms with Gasteiger partial charge in [-0.2, -0.15) is 0 Å². The summed E-state index contributed by atoms with van der Waals surface area (Å²) in [6.07, 6.45) is 1.57. The number of aromatic nitrogens is 1. The van der Waals surface area contributed by atoms with Crippen molar-refractivity contribution in [3.05, 3.63) is 23.9 Å². The summed E-state index contributed by atoms with van der Waals surface area (Å²) in [5.41, 5.74) is -0.0363. The van der Waals surface area contributed by atoms with E-state index in [4.69, 9.17) is 0 Å². The second-order valence-corrected chi connectivity index (χ2v) is 4.96. The Morgan fingerprint density at radius 2 is 2.12 bits per heavy atom. The van der Waals surface area contributed by atoms with Gasteiger partial charge in [-0.3, -0.25) is 4.79 Å². The van der Waals surface area contributed by atoms with Crippen molar-refractivity contribution in [2.45, 2.75) is 12.5 Å². The number of β-amino-alcohol motifs (C(OH)–C–C–N with tert-alkyl or cyclic N) is 1. The zero-order valence-electron chi connectivity index (χ0n) is 10.3. The molecule has 0 unspecified atom stereocenters. The van der Waals surface area contributed by atoms with Crippen molar-refractivity contribution in [2.75, 3.05) is 32.1 Å². The van der Waals surface area contributed by atoms with Crippen LogP contribution in [-0.2, 0) is 0 Å². The van der Waals surface area contributed by atoms with Crippen molar-refractivity contribution >= 4 is 11.7 Å². The van der Waals surface area contributed by atoms with E-state index in [9.17, 15) is 9.90 Å². The standard InChI is InChI=1S/C12H17N3O2/c1-12(17)7-15(8-12)10-5-4-9(6-13-10)11(16)14(2)3/h4-6,17H,7-8H2,1-3H3. The molecule has 0 aliphatic carbocycles. The third-order valence-corrected chi connectivity index (χ3v) is 2.79. The molecule has 2 rings (SSSR count). The first-order valence-electron chi connectivity index (χ1n) is 5.54. The van der Waals surface area contributed by atoms with E-state index >= 15 is 0 Å². The Morgan fingerprint density at radius 3 is 2.53 bits per heavy atom. The van der Waals surface area contributed by atoms with Crippen molar-refractivity contribution in [1.82, 2.24) is 9.88 Å². The molecule has 5 nitrogen and oxygen atoms in total. The lowest BCUT2D eigenvalue weighted by molar-refractivity contribution is 0.0305. The molecule has 5 heteroatoms. The molecule has 1 fully saturated rings. The summed E-state index contributed by atoms with van der Waals surface area (Å²) in [7, 11) is 3.42. The van der Waals surface area contributed by atoms with E-state index in [2.05, 4.69) is 4.98 Å². The van der Waals surface area contributed by atoms with Gasteiger partial charge in [0.25, 0.3) is 5.91 Å². The summed E-state index contributed by atoms with van der Waals surface area (Å²) in [4.78, 5) is 19.4. The third-order valence-electron chi connectivity index (χ3n) is 2.79. The molecule has 0 saturated carbocycles. The number of anilines is 1. The largest absolute Gasteiger partial charge is 0.386 e. The Morgan fingerprint density at radius 1 is 1.47 bits per heavy atom. The minimum atomic E-state index is -0.611. The number of hydrogen-bond acceptors (Lipinski definition) is 4. The maximum absolute atomic E-state index is 11.6. The lowest BCUT2D eigenvalue weighted by atomic mass is 9.97. The smallest absolute Gasteiger partial charge is 0.254 e. The number of pyridine rings is 1. The van der Waals surface area contributed by atoms with E-state index in [1.54, 1.807) is 33.3 Å². The van der Waals surface area contributed by atoms with Gasteiger partial charge >= 0.3 is 0 Å². The number of hydrogen-bond donors (Lipinski definition) is 1. The molecule has 1 saturated heterocycles. The maximum Gasteiger partial charge on any atom is 0.254 e. The fraction of sp³-hybridized carbons (Fsp3) is 0.500. The van der Waals surface area contributed by atoms with Gasteiger partial charge in [-0.05, 0) is 19.1 Å². The van der Waals surface area contributed by atoms with Crippen LogP contribution in [0.3, 0.4) is 0 Å². The minimum Gasteiger partial charge on any atom is -0.386 e. The van der Waals surface area contributed by atoms with Crippen LogP contribution in [0.4, 0.5) is 5.82 Å². The molecule has 0 radical (unpaired) electrons. The van der Waals surface area contributed by atoms with Crippen LogP contribution in [0.5, 0.6) is 0 Å². The molecule has 2 heterocycles. The van der Waals surface area contributed by atoms with Crippen LogP contribution in [-0.4, -0.2) is 53.7 Å². The highest BCUT2D eigenvalue weighted by Gasteiger charge is 2.37. The van der Waals surface area contributed by atoms with Crippen molar-refractivity contribution in [1.29, 1.82) is 0 Å². The molecule has 0 bridgehead atoms. The topological polar surface area (TPSA) is 56.7 Å². The molecular formula is C12H17N3O2. The number of amides is 1. The molecule has 0 aromatic carbocycles. The highest BCUT2D eigenvalue weighted by atomic mass is 16.3. The van der Waals surface area contributed by atoms with Crippen LogP contribution in [0.2, 0.25) is 0 Å². The van der Waals surface area contributed by atoms with E-state index < -0.39 is 5.60 Å². The molecule has 1 aliphatic rings. The quantitative estimate of drug-likeness (QED) is 0.804. The van der Waals surface area contributed by atoms with Gasteiger partial charge in [0.15, 0.2) is 0 Å². The molecule has 1 aromatic heterocycles. The lowest BCUT2D eigenvalue weighted by Crippen LogP contribution is -2.60. The Bertz CT molecular complexity index is 418. The number of carbonyl (C=O) groups excluding carboxylic acids is 1. The van der Waals surface area contributed by atoms with Crippen LogP contribution in [0, 0.1) is 0 Å². The van der Waals surface area contributed by atoms with Gasteiger partial charge in [-0.1, -0.05) is 0 Å². The van der Waals surface area contributed by atoms with Crippen LogP contribution in [0.15, 0.2) is 18.3 Å². The van der Waals surface area contributed by atoms with Gasteiger partial charge in [0.05, 0.1) is 11.2 Å².